The summed E-state index contributed by atoms with van der Waals surface area (Å²) < 4.78 is 0. The van der Waals surface area contributed by atoms with Gasteiger partial charge in [0.25, 0.3) is 0 Å². The summed E-state index contributed by atoms with van der Waals surface area (Å²) in [5.74, 6) is 2.14. The van der Waals surface area contributed by atoms with Crippen LogP contribution in [0.3, 0.4) is 0 Å². The van der Waals surface area contributed by atoms with Crippen LogP contribution < -0.4 is 0 Å². The van der Waals surface area contributed by atoms with E-state index >= 15 is 0 Å². The number of allylic oxidation sites excluding steroid dienone is 1. The molecule has 148 valence electrons. The fourth-order valence-corrected chi connectivity index (χ4v) is 8.26. The Hall–Kier alpha value is -0.930. The first-order valence-electron chi connectivity index (χ1n) is 11.2. The molecule has 5 aliphatic rings. The number of nitrogens with zero attached hydrogens (tertiary/aromatic N) is 2. The SMILES string of the molecule is C=CC12CCC(CC(=C)C)CC1=NC21CCC23C(CCC2C1CC)ON3C. The molecule has 4 fully saturated rings. The van der Waals surface area contributed by atoms with Gasteiger partial charge in [0.05, 0.1) is 16.5 Å². The molecule has 3 saturated carbocycles. The highest BCUT2D eigenvalue weighted by Gasteiger charge is 2.74. The van der Waals surface area contributed by atoms with E-state index in [4.69, 9.17) is 9.83 Å². The van der Waals surface area contributed by atoms with Gasteiger partial charge in [0, 0.05) is 12.8 Å². The number of hydroxylamine groups is 2. The second-order valence-corrected chi connectivity index (χ2v) is 10.2. The molecule has 0 aromatic heterocycles. The highest BCUT2D eigenvalue weighted by atomic mass is 16.7. The van der Waals surface area contributed by atoms with Gasteiger partial charge >= 0.3 is 0 Å². The van der Waals surface area contributed by atoms with Crippen LogP contribution in [0.25, 0.3) is 0 Å². The maximum absolute atomic E-state index is 6.01. The van der Waals surface area contributed by atoms with Crippen molar-refractivity contribution >= 4 is 5.71 Å². The molecular weight excluding hydrogens is 332 g/mol. The van der Waals surface area contributed by atoms with E-state index in [0.717, 1.165) is 18.3 Å². The second-order valence-electron chi connectivity index (χ2n) is 10.2. The Labute approximate surface area is 164 Å². The van der Waals surface area contributed by atoms with Crippen LogP contribution in [0.2, 0.25) is 0 Å². The molecule has 0 radical (unpaired) electrons. The van der Waals surface area contributed by atoms with Gasteiger partial charge < -0.3 is 0 Å². The van der Waals surface area contributed by atoms with Crippen LogP contribution in [0.15, 0.2) is 29.8 Å². The molecule has 7 unspecified atom stereocenters. The van der Waals surface area contributed by atoms with Crippen molar-refractivity contribution in [3.63, 3.8) is 0 Å². The minimum Gasteiger partial charge on any atom is -0.293 e. The summed E-state index contributed by atoms with van der Waals surface area (Å²) in [4.78, 5) is 11.5. The molecule has 0 amide bonds. The van der Waals surface area contributed by atoms with Crippen molar-refractivity contribution in [3.8, 4) is 0 Å². The summed E-state index contributed by atoms with van der Waals surface area (Å²) >= 11 is 0. The van der Waals surface area contributed by atoms with Gasteiger partial charge in [0.1, 0.15) is 6.10 Å². The van der Waals surface area contributed by atoms with Crippen molar-refractivity contribution < 1.29 is 4.84 Å². The topological polar surface area (TPSA) is 24.8 Å². The van der Waals surface area contributed by atoms with E-state index in [-0.39, 0.29) is 11.0 Å². The van der Waals surface area contributed by atoms with Crippen LogP contribution in [-0.2, 0) is 4.84 Å². The lowest BCUT2D eigenvalue weighted by molar-refractivity contribution is -0.384. The quantitative estimate of drug-likeness (QED) is 0.626. The van der Waals surface area contributed by atoms with Crippen molar-refractivity contribution in [1.82, 2.24) is 5.06 Å². The molecule has 0 N–H and O–H groups in total. The van der Waals surface area contributed by atoms with E-state index < -0.39 is 0 Å². The second kappa shape index (κ2) is 5.79. The third-order valence-electron chi connectivity index (χ3n) is 9.29. The molecule has 2 spiro atoms. The summed E-state index contributed by atoms with van der Waals surface area (Å²) in [5, 5.41) is 2.22. The Morgan fingerprint density at radius 2 is 2.11 bits per heavy atom. The standard InChI is InChI=1S/C24H36N2O/c1-6-18-19-8-9-21-23(19,26(5)27-21)12-13-24(18)22(7-2)11-10-17(14-16(3)4)15-20(22)25-24/h7,17-19,21H,2-3,6,8-15H2,1,4-5H3. The zero-order chi connectivity index (χ0) is 19.0. The molecule has 2 heterocycles. The third kappa shape index (κ3) is 1.98. The molecule has 0 aromatic carbocycles. The molecule has 3 aliphatic carbocycles. The molecule has 1 saturated heterocycles. The Balaban J connectivity index is 1.49. The smallest absolute Gasteiger partial charge is 0.100 e. The Bertz CT molecular complexity index is 713. The van der Waals surface area contributed by atoms with Crippen LogP contribution in [0, 0.1) is 23.2 Å². The van der Waals surface area contributed by atoms with E-state index in [1.165, 1.54) is 62.7 Å². The van der Waals surface area contributed by atoms with Crippen LogP contribution in [0.1, 0.15) is 71.6 Å². The highest BCUT2D eigenvalue weighted by molar-refractivity contribution is 5.99. The van der Waals surface area contributed by atoms with Gasteiger partial charge in [0.2, 0.25) is 0 Å². The zero-order valence-corrected chi connectivity index (χ0v) is 17.5. The molecule has 27 heavy (non-hydrogen) atoms. The van der Waals surface area contributed by atoms with E-state index in [2.05, 4.69) is 45.2 Å². The Morgan fingerprint density at radius 1 is 1.30 bits per heavy atom. The first-order chi connectivity index (χ1) is 12.9. The van der Waals surface area contributed by atoms with Crippen LogP contribution in [0.5, 0.6) is 0 Å². The number of likely N-dealkylation sites (N-methyl/N-ethyl adjacent to an activating group) is 1. The first kappa shape index (κ1) is 18.1. The molecule has 3 heteroatoms. The van der Waals surface area contributed by atoms with Crippen molar-refractivity contribution in [2.24, 2.45) is 28.2 Å². The first-order valence-corrected chi connectivity index (χ1v) is 11.2. The molecule has 3 nitrogen and oxygen atoms in total. The van der Waals surface area contributed by atoms with Gasteiger partial charge in [-0.05, 0) is 76.0 Å². The summed E-state index contributed by atoms with van der Waals surface area (Å²) in [6.45, 7) is 13.1. The lowest BCUT2D eigenvalue weighted by Crippen LogP contribution is -2.76. The fraction of sp³-hybridized carbons (Fsp3) is 0.792. The Morgan fingerprint density at radius 3 is 2.74 bits per heavy atom. The van der Waals surface area contributed by atoms with Gasteiger partial charge in [-0.2, -0.15) is 5.06 Å². The van der Waals surface area contributed by atoms with Gasteiger partial charge in [-0.3, -0.25) is 9.83 Å². The van der Waals surface area contributed by atoms with Gasteiger partial charge in [-0.25, -0.2) is 0 Å². The summed E-state index contributed by atoms with van der Waals surface area (Å²) in [6, 6.07) is 0. The molecule has 0 bridgehead atoms. The average molecular weight is 369 g/mol. The van der Waals surface area contributed by atoms with Crippen LogP contribution >= 0.6 is 0 Å². The predicted molar refractivity (Wildman–Crippen MR) is 111 cm³/mol. The van der Waals surface area contributed by atoms with Crippen molar-refractivity contribution in [2.75, 3.05) is 7.05 Å². The van der Waals surface area contributed by atoms with Gasteiger partial charge in [-0.1, -0.05) is 25.0 Å². The summed E-state index contributed by atoms with van der Waals surface area (Å²) in [6.07, 6.45) is 13.9. The van der Waals surface area contributed by atoms with E-state index in [1.54, 1.807) is 0 Å². The number of hydrogen-bond donors (Lipinski definition) is 0. The number of rotatable bonds is 4. The summed E-state index contributed by atoms with van der Waals surface area (Å²) in [7, 11) is 2.17. The van der Waals surface area contributed by atoms with Crippen molar-refractivity contribution in [2.45, 2.75) is 88.8 Å². The number of hydrogen-bond acceptors (Lipinski definition) is 3. The van der Waals surface area contributed by atoms with Gasteiger partial charge in [-0.15, -0.1) is 13.2 Å². The minimum atomic E-state index is 0.119. The number of aliphatic imine (C=N–C) groups is 1. The van der Waals surface area contributed by atoms with E-state index in [1.807, 2.05) is 0 Å². The monoisotopic (exact) mass is 368 g/mol. The normalized spacial score (nSPS) is 50.7. The van der Waals surface area contributed by atoms with E-state index in [9.17, 15) is 0 Å². The van der Waals surface area contributed by atoms with Crippen molar-refractivity contribution in [3.05, 3.63) is 24.8 Å². The average Bonchev–Trinajstić information content (AvgIpc) is 2.93. The van der Waals surface area contributed by atoms with Crippen LogP contribution in [-0.4, -0.2) is 35.0 Å². The fourth-order valence-electron chi connectivity index (χ4n) is 8.26. The minimum absolute atomic E-state index is 0.119. The molecule has 2 aliphatic heterocycles. The van der Waals surface area contributed by atoms with Crippen molar-refractivity contribution in [1.29, 1.82) is 0 Å². The molecule has 7 atom stereocenters. The maximum Gasteiger partial charge on any atom is 0.100 e. The lowest BCUT2D eigenvalue weighted by Gasteiger charge is -2.69. The number of fused-ring (bicyclic) bond motifs is 2. The lowest BCUT2D eigenvalue weighted by atomic mass is 9.43. The Kier molecular flexibility index (Phi) is 3.89. The predicted octanol–water partition coefficient (Wildman–Crippen LogP) is 5.33. The molecule has 5 rings (SSSR count). The van der Waals surface area contributed by atoms with Crippen LogP contribution in [0.4, 0.5) is 0 Å². The highest BCUT2D eigenvalue weighted by Crippen LogP contribution is 2.69. The largest absolute Gasteiger partial charge is 0.293 e. The molecule has 0 aromatic rings. The maximum atomic E-state index is 6.01. The third-order valence-corrected chi connectivity index (χ3v) is 9.29. The van der Waals surface area contributed by atoms with E-state index in [0.29, 0.717) is 17.6 Å². The molecular formula is C24H36N2O. The van der Waals surface area contributed by atoms with Gasteiger partial charge in [0.15, 0.2) is 0 Å². The summed E-state index contributed by atoms with van der Waals surface area (Å²) in [5.41, 5.74) is 3.38. The zero-order valence-electron chi connectivity index (χ0n) is 17.5.